The van der Waals surface area contributed by atoms with Crippen LogP contribution in [0.1, 0.15) is 6.42 Å². The smallest absolute Gasteiger partial charge is 0.239 e. The van der Waals surface area contributed by atoms with Gasteiger partial charge in [0.1, 0.15) is 0 Å². The van der Waals surface area contributed by atoms with Crippen LogP contribution in [-0.4, -0.2) is 31.7 Å². The van der Waals surface area contributed by atoms with E-state index >= 15 is 0 Å². The van der Waals surface area contributed by atoms with Crippen LogP contribution in [0, 0.1) is 0 Å². The molecule has 1 amide bonds. The van der Waals surface area contributed by atoms with E-state index in [1.165, 1.54) is 0 Å². The summed E-state index contributed by atoms with van der Waals surface area (Å²) >= 11 is 5.19. The van der Waals surface area contributed by atoms with Crippen LogP contribution in [0.3, 0.4) is 0 Å². The number of alkyl halides is 1. The number of carbonyl (C=O) groups is 1. The quantitative estimate of drug-likeness (QED) is 0.576. The zero-order valence-corrected chi connectivity index (χ0v) is 7.41. The second-order valence-corrected chi connectivity index (χ2v) is 4.70. The van der Waals surface area contributed by atoms with E-state index in [-0.39, 0.29) is 23.8 Å². The largest absolute Gasteiger partial charge is 0.273 e. The molecule has 0 fully saturated rings. The van der Waals surface area contributed by atoms with Gasteiger partial charge in [-0.2, -0.15) is 0 Å². The van der Waals surface area contributed by atoms with Crippen molar-refractivity contribution >= 4 is 27.3 Å². The number of sulfone groups is 1. The molecular formula is C5H9ClNO3S. The standard InChI is InChI=1S/C5H9ClNO3S/c6-2-4-11(9,10)3-1-5(7)8/h7H,1-4H2. The molecule has 6 heteroatoms. The summed E-state index contributed by atoms with van der Waals surface area (Å²) < 4.78 is 21.6. The molecule has 0 saturated carbocycles. The fourth-order valence-electron chi connectivity index (χ4n) is 0.468. The van der Waals surface area contributed by atoms with Crippen molar-refractivity contribution in [1.29, 1.82) is 0 Å². The van der Waals surface area contributed by atoms with Crippen molar-refractivity contribution in [3.8, 4) is 0 Å². The summed E-state index contributed by atoms with van der Waals surface area (Å²) in [5.41, 5.74) is 6.45. The van der Waals surface area contributed by atoms with Gasteiger partial charge < -0.3 is 0 Å². The Morgan fingerprint density at radius 3 is 2.27 bits per heavy atom. The van der Waals surface area contributed by atoms with E-state index in [9.17, 15) is 13.2 Å². The molecule has 4 nitrogen and oxygen atoms in total. The minimum Gasteiger partial charge on any atom is -0.273 e. The SMILES string of the molecule is [NH]C(=O)CCS(=O)(=O)CCCl. The molecule has 65 valence electrons. The molecule has 11 heavy (non-hydrogen) atoms. The average Bonchev–Trinajstić information content (AvgIpc) is 1.84. The molecular weight excluding hydrogens is 190 g/mol. The molecule has 0 saturated heterocycles. The third-order valence-corrected chi connectivity index (χ3v) is 3.09. The molecule has 0 aliphatic rings. The van der Waals surface area contributed by atoms with Gasteiger partial charge in [0.25, 0.3) is 0 Å². The number of hydrogen-bond acceptors (Lipinski definition) is 3. The van der Waals surface area contributed by atoms with Gasteiger partial charge in [-0.3, -0.25) is 10.5 Å². The predicted molar refractivity (Wildman–Crippen MR) is 42.1 cm³/mol. The lowest BCUT2D eigenvalue weighted by Gasteiger charge is -1.97. The van der Waals surface area contributed by atoms with E-state index in [0.717, 1.165) is 0 Å². The predicted octanol–water partition coefficient (Wildman–Crippen LogP) is -0.160. The Balaban J connectivity index is 3.84. The third kappa shape index (κ3) is 6.12. The van der Waals surface area contributed by atoms with Gasteiger partial charge in [-0.15, -0.1) is 11.6 Å². The summed E-state index contributed by atoms with van der Waals surface area (Å²) in [5.74, 6) is -1.21. The van der Waals surface area contributed by atoms with Crippen LogP contribution in [0.4, 0.5) is 0 Å². The van der Waals surface area contributed by atoms with Crippen molar-refractivity contribution in [3.63, 3.8) is 0 Å². The zero-order chi connectivity index (χ0) is 8.91. The van der Waals surface area contributed by atoms with Crippen LogP contribution >= 0.6 is 11.6 Å². The molecule has 0 spiro atoms. The Labute approximate surface area is 70.6 Å². The lowest BCUT2D eigenvalue weighted by atomic mass is 10.5. The number of halogens is 1. The first kappa shape index (κ1) is 10.7. The molecule has 0 aromatic carbocycles. The van der Waals surface area contributed by atoms with Gasteiger partial charge in [-0.25, -0.2) is 8.42 Å². The van der Waals surface area contributed by atoms with Gasteiger partial charge in [0, 0.05) is 12.3 Å². The number of nitrogens with one attached hydrogen (secondary N) is 1. The minimum absolute atomic E-state index is 0.0362. The molecule has 0 rings (SSSR count). The topological polar surface area (TPSA) is 75.0 Å². The summed E-state index contributed by atoms with van der Waals surface area (Å²) in [4.78, 5) is 10.1. The number of carbonyl (C=O) groups excluding carboxylic acids is 1. The summed E-state index contributed by atoms with van der Waals surface area (Å²) in [6.45, 7) is 0. The van der Waals surface area contributed by atoms with E-state index in [1.54, 1.807) is 0 Å². The molecule has 1 N–H and O–H groups in total. The van der Waals surface area contributed by atoms with E-state index in [4.69, 9.17) is 17.3 Å². The highest BCUT2D eigenvalue weighted by molar-refractivity contribution is 7.91. The second-order valence-electron chi connectivity index (χ2n) is 2.01. The van der Waals surface area contributed by atoms with Gasteiger partial charge in [0.05, 0.1) is 11.5 Å². The van der Waals surface area contributed by atoms with Crippen LogP contribution in [0.25, 0.3) is 0 Å². The second kappa shape index (κ2) is 4.56. The average molecular weight is 199 g/mol. The van der Waals surface area contributed by atoms with Crippen LogP contribution < -0.4 is 5.73 Å². The minimum atomic E-state index is -3.20. The van der Waals surface area contributed by atoms with Gasteiger partial charge in [0.15, 0.2) is 9.84 Å². The lowest BCUT2D eigenvalue weighted by Crippen LogP contribution is -2.15. The first-order valence-electron chi connectivity index (χ1n) is 2.99. The molecule has 0 bridgehead atoms. The third-order valence-electron chi connectivity index (χ3n) is 1.03. The van der Waals surface area contributed by atoms with Crippen molar-refractivity contribution in [1.82, 2.24) is 5.73 Å². The summed E-state index contributed by atoms with van der Waals surface area (Å²) in [6, 6.07) is 0. The van der Waals surface area contributed by atoms with Crippen molar-refractivity contribution in [2.45, 2.75) is 6.42 Å². The summed E-state index contributed by atoms with van der Waals surface area (Å²) in [6.07, 6.45) is -0.237. The Bertz CT molecular complexity index is 224. The van der Waals surface area contributed by atoms with Gasteiger partial charge >= 0.3 is 0 Å². The molecule has 0 atom stereocenters. The number of rotatable bonds is 5. The maximum Gasteiger partial charge on any atom is 0.239 e. The first-order chi connectivity index (χ1) is 4.98. The summed E-state index contributed by atoms with van der Waals surface area (Å²) in [5, 5.41) is 0. The van der Waals surface area contributed by atoms with E-state index in [1.807, 2.05) is 0 Å². The Morgan fingerprint density at radius 1 is 1.36 bits per heavy atom. The fraction of sp³-hybridized carbons (Fsp3) is 0.800. The number of hydrogen-bond donors (Lipinski definition) is 0. The molecule has 0 aliphatic carbocycles. The fourth-order valence-corrected chi connectivity index (χ4v) is 2.11. The molecule has 0 unspecified atom stereocenters. The molecule has 1 radical (unpaired) electrons. The lowest BCUT2D eigenvalue weighted by molar-refractivity contribution is -0.118. The van der Waals surface area contributed by atoms with Crippen LogP contribution in [0.15, 0.2) is 0 Å². The van der Waals surface area contributed by atoms with Crippen molar-refractivity contribution < 1.29 is 13.2 Å². The first-order valence-corrected chi connectivity index (χ1v) is 5.34. The highest BCUT2D eigenvalue weighted by Gasteiger charge is 2.10. The molecule has 0 aromatic rings. The highest BCUT2D eigenvalue weighted by Crippen LogP contribution is 1.94. The Morgan fingerprint density at radius 2 is 1.91 bits per heavy atom. The molecule has 0 heterocycles. The Hall–Kier alpha value is -0.290. The maximum absolute atomic E-state index is 10.8. The van der Waals surface area contributed by atoms with E-state index < -0.39 is 15.7 Å². The highest BCUT2D eigenvalue weighted by atomic mass is 35.5. The van der Waals surface area contributed by atoms with Crippen molar-refractivity contribution in [2.24, 2.45) is 0 Å². The van der Waals surface area contributed by atoms with Gasteiger partial charge in [-0.1, -0.05) is 0 Å². The van der Waals surface area contributed by atoms with Crippen LogP contribution in [0.5, 0.6) is 0 Å². The van der Waals surface area contributed by atoms with Crippen molar-refractivity contribution in [2.75, 3.05) is 17.4 Å². The molecule has 0 aromatic heterocycles. The normalized spacial score (nSPS) is 11.4. The van der Waals surface area contributed by atoms with E-state index in [2.05, 4.69) is 0 Å². The van der Waals surface area contributed by atoms with Gasteiger partial charge in [-0.05, 0) is 0 Å². The maximum atomic E-state index is 10.8. The number of amides is 1. The zero-order valence-electron chi connectivity index (χ0n) is 5.84. The van der Waals surface area contributed by atoms with Crippen molar-refractivity contribution in [3.05, 3.63) is 0 Å². The van der Waals surface area contributed by atoms with Crippen LogP contribution in [0.2, 0.25) is 0 Å². The van der Waals surface area contributed by atoms with Gasteiger partial charge in [0.2, 0.25) is 5.91 Å². The van der Waals surface area contributed by atoms with E-state index in [0.29, 0.717) is 0 Å². The monoisotopic (exact) mass is 198 g/mol. The molecule has 0 aliphatic heterocycles. The van der Waals surface area contributed by atoms with Crippen LogP contribution in [-0.2, 0) is 14.6 Å². The Kier molecular flexibility index (Phi) is 4.44. The summed E-state index contributed by atoms with van der Waals surface area (Å²) in [7, 11) is -3.20.